The van der Waals surface area contributed by atoms with E-state index in [4.69, 9.17) is 16.8 Å². The molecule has 29 heavy (non-hydrogen) atoms. The third-order valence-corrected chi connectivity index (χ3v) is 4.93. The first-order valence-electron chi connectivity index (χ1n) is 9.53. The zero-order valence-electron chi connectivity index (χ0n) is 15.9. The zero-order chi connectivity index (χ0) is 20.6. The van der Waals surface area contributed by atoms with Gasteiger partial charge in [-0.3, -0.25) is 19.9 Å². The number of nitrogens with zero attached hydrogens (tertiary/aromatic N) is 1. The third-order valence-electron chi connectivity index (χ3n) is 4.68. The average Bonchev–Trinajstić information content (AvgIpc) is 3.12. The molecule has 0 spiro atoms. The van der Waals surface area contributed by atoms with Crippen molar-refractivity contribution in [2.24, 2.45) is 0 Å². The lowest BCUT2D eigenvalue weighted by Crippen LogP contribution is -2.17. The van der Waals surface area contributed by atoms with Gasteiger partial charge in [-0.2, -0.15) is 5.10 Å². The molecule has 0 aliphatic heterocycles. The highest BCUT2D eigenvalue weighted by Gasteiger charge is 2.10. The van der Waals surface area contributed by atoms with Crippen molar-refractivity contribution in [3.8, 4) is 11.1 Å². The minimum atomic E-state index is -0.382. The fraction of sp³-hybridized carbons (Fsp3) is 0.286. The highest BCUT2D eigenvalue weighted by molar-refractivity contribution is 6.30. The Balaban J connectivity index is 1.52. The van der Waals surface area contributed by atoms with Gasteiger partial charge in [-0.25, -0.2) is 5.48 Å². The molecule has 2 aromatic carbocycles. The predicted octanol–water partition coefficient (Wildman–Crippen LogP) is 4.67. The number of carbonyl (C=O) groups is 2. The summed E-state index contributed by atoms with van der Waals surface area (Å²) in [6, 6.07) is 13.5. The Bertz CT molecular complexity index is 985. The molecule has 0 fully saturated rings. The van der Waals surface area contributed by atoms with Gasteiger partial charge in [0.1, 0.15) is 0 Å². The van der Waals surface area contributed by atoms with Crippen LogP contribution in [-0.4, -0.2) is 27.2 Å². The number of fused-ring (bicyclic) bond motifs is 1. The monoisotopic (exact) mass is 414 g/mol. The Labute approximate surface area is 173 Å². The highest BCUT2D eigenvalue weighted by Crippen LogP contribution is 2.28. The number of unbranched alkanes of at least 4 members (excludes halogenated alkanes) is 3. The van der Waals surface area contributed by atoms with E-state index in [1.165, 1.54) is 0 Å². The summed E-state index contributed by atoms with van der Waals surface area (Å²) in [7, 11) is 0. The predicted molar refractivity (Wildman–Crippen MR) is 113 cm³/mol. The van der Waals surface area contributed by atoms with Crippen LogP contribution in [-0.2, 0) is 9.59 Å². The minimum Gasteiger partial charge on any atom is -0.309 e. The van der Waals surface area contributed by atoms with Crippen molar-refractivity contribution in [1.82, 2.24) is 15.7 Å². The molecule has 0 radical (unpaired) electrons. The van der Waals surface area contributed by atoms with Crippen LogP contribution >= 0.6 is 11.6 Å². The summed E-state index contributed by atoms with van der Waals surface area (Å²) < 4.78 is 0. The SMILES string of the molecule is O=C(CCCCCCC(=O)Nc1n[nH]c2cc(-c3ccc(Cl)cc3)ccc12)NO. The highest BCUT2D eigenvalue weighted by atomic mass is 35.5. The number of aromatic amines is 1. The van der Waals surface area contributed by atoms with E-state index in [1.54, 1.807) is 5.48 Å². The van der Waals surface area contributed by atoms with E-state index in [2.05, 4.69) is 15.5 Å². The lowest BCUT2D eigenvalue weighted by molar-refractivity contribution is -0.129. The third kappa shape index (κ3) is 5.79. The Kier molecular flexibility index (Phi) is 7.21. The summed E-state index contributed by atoms with van der Waals surface area (Å²) in [5.41, 5.74) is 4.53. The second-order valence-corrected chi connectivity index (χ2v) is 7.27. The van der Waals surface area contributed by atoms with E-state index < -0.39 is 0 Å². The minimum absolute atomic E-state index is 0.0896. The number of aromatic nitrogens is 2. The van der Waals surface area contributed by atoms with Crippen LogP contribution in [0.15, 0.2) is 42.5 Å². The number of rotatable bonds is 9. The molecular weight excluding hydrogens is 392 g/mol. The number of benzene rings is 2. The van der Waals surface area contributed by atoms with E-state index in [0.29, 0.717) is 30.1 Å². The number of nitrogens with one attached hydrogen (secondary N) is 3. The quantitative estimate of drug-likeness (QED) is 0.232. The summed E-state index contributed by atoms with van der Waals surface area (Å²) in [5, 5.41) is 20.0. The van der Waals surface area contributed by atoms with Gasteiger partial charge in [-0.15, -0.1) is 0 Å². The molecule has 0 saturated heterocycles. The van der Waals surface area contributed by atoms with Crippen LogP contribution in [0.1, 0.15) is 38.5 Å². The first-order valence-corrected chi connectivity index (χ1v) is 9.91. The standard InChI is InChI=1S/C21H23ClN4O3/c22-16-10-7-14(8-11-16)15-9-12-17-18(13-15)24-25-21(17)23-19(27)5-3-1-2-4-6-20(28)26-29/h7-13,29H,1-6H2,(H,26,28)(H2,23,24,25,27). The first-order chi connectivity index (χ1) is 14.1. The van der Waals surface area contributed by atoms with Gasteiger partial charge in [-0.05, 0) is 48.2 Å². The van der Waals surface area contributed by atoms with Crippen molar-refractivity contribution in [1.29, 1.82) is 0 Å². The largest absolute Gasteiger partial charge is 0.309 e. The zero-order valence-corrected chi connectivity index (χ0v) is 16.6. The lowest BCUT2D eigenvalue weighted by atomic mass is 10.0. The van der Waals surface area contributed by atoms with Gasteiger partial charge in [0, 0.05) is 23.3 Å². The molecule has 0 aliphatic rings. The number of hydroxylamine groups is 1. The normalized spacial score (nSPS) is 10.8. The molecule has 3 rings (SSSR count). The fourth-order valence-electron chi connectivity index (χ4n) is 3.11. The Morgan fingerprint density at radius 1 is 0.931 bits per heavy atom. The number of hydrogen-bond donors (Lipinski definition) is 4. The molecule has 0 aliphatic carbocycles. The van der Waals surface area contributed by atoms with Gasteiger partial charge in [-0.1, -0.05) is 42.6 Å². The summed E-state index contributed by atoms with van der Waals surface area (Å²) >= 11 is 5.94. The maximum absolute atomic E-state index is 12.2. The van der Waals surface area contributed by atoms with Crippen LogP contribution in [0.4, 0.5) is 5.82 Å². The lowest BCUT2D eigenvalue weighted by Gasteiger charge is -2.04. The van der Waals surface area contributed by atoms with E-state index in [1.807, 2.05) is 42.5 Å². The Hall–Kier alpha value is -2.90. The number of H-pyrrole nitrogens is 1. The smallest absolute Gasteiger partial charge is 0.243 e. The van der Waals surface area contributed by atoms with Crippen molar-refractivity contribution in [3.63, 3.8) is 0 Å². The second kappa shape index (κ2) is 10.0. The molecule has 4 N–H and O–H groups in total. The molecule has 0 unspecified atom stereocenters. The molecule has 3 aromatic rings. The van der Waals surface area contributed by atoms with Gasteiger partial charge in [0.15, 0.2) is 5.82 Å². The molecule has 0 saturated carbocycles. The molecule has 0 atom stereocenters. The Morgan fingerprint density at radius 3 is 2.28 bits per heavy atom. The van der Waals surface area contributed by atoms with Crippen LogP contribution < -0.4 is 10.8 Å². The van der Waals surface area contributed by atoms with Crippen molar-refractivity contribution in [3.05, 3.63) is 47.5 Å². The molecule has 1 heterocycles. The van der Waals surface area contributed by atoms with Gasteiger partial charge < -0.3 is 5.32 Å². The van der Waals surface area contributed by atoms with Crippen molar-refractivity contribution in [2.45, 2.75) is 38.5 Å². The van der Waals surface area contributed by atoms with Crippen molar-refractivity contribution >= 4 is 40.1 Å². The van der Waals surface area contributed by atoms with E-state index in [9.17, 15) is 9.59 Å². The fourth-order valence-corrected chi connectivity index (χ4v) is 3.24. The number of carbonyl (C=O) groups excluding carboxylic acids is 2. The molecular formula is C21H23ClN4O3. The molecule has 0 bridgehead atoms. The average molecular weight is 415 g/mol. The maximum Gasteiger partial charge on any atom is 0.243 e. The number of halogens is 1. The summed E-state index contributed by atoms with van der Waals surface area (Å²) in [5.74, 6) is 0.0490. The van der Waals surface area contributed by atoms with Crippen LogP contribution in [0.2, 0.25) is 5.02 Å². The van der Waals surface area contributed by atoms with Crippen LogP contribution in [0.25, 0.3) is 22.0 Å². The van der Waals surface area contributed by atoms with Gasteiger partial charge >= 0.3 is 0 Å². The van der Waals surface area contributed by atoms with Gasteiger partial charge in [0.2, 0.25) is 11.8 Å². The summed E-state index contributed by atoms with van der Waals surface area (Å²) in [6.07, 6.45) is 3.78. The molecule has 1 aromatic heterocycles. The van der Waals surface area contributed by atoms with Gasteiger partial charge in [0.25, 0.3) is 0 Å². The first kappa shape index (κ1) is 20.8. The van der Waals surface area contributed by atoms with Crippen LogP contribution in [0.3, 0.4) is 0 Å². The molecule has 8 heteroatoms. The van der Waals surface area contributed by atoms with E-state index >= 15 is 0 Å². The number of anilines is 1. The van der Waals surface area contributed by atoms with Gasteiger partial charge in [0.05, 0.1) is 5.52 Å². The summed E-state index contributed by atoms with van der Waals surface area (Å²) in [4.78, 5) is 23.1. The number of amides is 2. The van der Waals surface area contributed by atoms with Crippen molar-refractivity contribution < 1.29 is 14.8 Å². The molecule has 152 valence electrons. The van der Waals surface area contributed by atoms with Crippen molar-refractivity contribution in [2.75, 3.05) is 5.32 Å². The molecule has 7 nitrogen and oxygen atoms in total. The topological polar surface area (TPSA) is 107 Å². The Morgan fingerprint density at radius 2 is 1.59 bits per heavy atom. The second-order valence-electron chi connectivity index (χ2n) is 6.84. The van der Waals surface area contributed by atoms with E-state index in [-0.39, 0.29) is 11.8 Å². The maximum atomic E-state index is 12.2. The summed E-state index contributed by atoms with van der Waals surface area (Å²) in [6.45, 7) is 0. The van der Waals surface area contributed by atoms with Crippen LogP contribution in [0, 0.1) is 0 Å². The van der Waals surface area contributed by atoms with Crippen LogP contribution in [0.5, 0.6) is 0 Å². The number of hydrogen-bond acceptors (Lipinski definition) is 4. The van der Waals surface area contributed by atoms with E-state index in [0.717, 1.165) is 41.3 Å². The molecule has 2 amide bonds.